The number of primary amides is 2. The van der Waals surface area contributed by atoms with E-state index < -0.39 is 17.9 Å². The first-order chi connectivity index (χ1) is 15.3. The zero-order chi connectivity index (χ0) is 22.8. The Kier molecular flexibility index (Phi) is 5.46. The average Bonchev–Trinajstić information content (AvgIpc) is 3.25. The van der Waals surface area contributed by atoms with Crippen LogP contribution in [0.3, 0.4) is 0 Å². The summed E-state index contributed by atoms with van der Waals surface area (Å²) >= 11 is 0. The number of fused-ring (bicyclic) bond motifs is 1. The number of aromatic amines is 1. The summed E-state index contributed by atoms with van der Waals surface area (Å²) in [5.41, 5.74) is 16.4. The van der Waals surface area contributed by atoms with Crippen LogP contribution >= 0.6 is 0 Å². The van der Waals surface area contributed by atoms with Crippen molar-refractivity contribution in [2.24, 2.45) is 11.5 Å². The molecule has 0 aliphatic carbocycles. The Balaban J connectivity index is 1.65. The second-order valence-corrected chi connectivity index (χ2v) is 7.55. The molecule has 3 aromatic rings. The lowest BCUT2D eigenvalue weighted by molar-refractivity contribution is -0.119. The highest BCUT2D eigenvalue weighted by atomic mass is 16.2. The van der Waals surface area contributed by atoms with Gasteiger partial charge >= 0.3 is 6.03 Å². The molecule has 0 radical (unpaired) electrons. The summed E-state index contributed by atoms with van der Waals surface area (Å²) in [7, 11) is 0. The molecule has 162 valence electrons. The Morgan fingerprint density at radius 2 is 1.94 bits per heavy atom. The van der Waals surface area contributed by atoms with Crippen LogP contribution in [-0.4, -0.2) is 27.8 Å². The van der Waals surface area contributed by atoms with Crippen LogP contribution < -0.4 is 22.1 Å². The van der Waals surface area contributed by atoms with Gasteiger partial charge in [0.05, 0.1) is 11.5 Å². The van der Waals surface area contributed by atoms with Crippen molar-refractivity contribution in [3.05, 3.63) is 76.9 Å². The second-order valence-electron chi connectivity index (χ2n) is 7.55. The van der Waals surface area contributed by atoms with Crippen LogP contribution in [0.15, 0.2) is 48.9 Å². The van der Waals surface area contributed by atoms with Crippen molar-refractivity contribution in [1.29, 1.82) is 0 Å². The molecule has 9 heteroatoms. The van der Waals surface area contributed by atoms with Crippen molar-refractivity contribution >= 4 is 40.9 Å². The van der Waals surface area contributed by atoms with Gasteiger partial charge < -0.3 is 27.1 Å². The number of hydrogen-bond acceptors (Lipinski definition) is 4. The van der Waals surface area contributed by atoms with Gasteiger partial charge in [0.15, 0.2) is 0 Å². The first-order valence-corrected chi connectivity index (χ1v) is 9.93. The third-order valence-corrected chi connectivity index (χ3v) is 5.52. The normalized spacial score (nSPS) is 14.7. The van der Waals surface area contributed by atoms with E-state index in [1.807, 2.05) is 13.1 Å². The zero-order valence-electron chi connectivity index (χ0n) is 17.3. The topological polar surface area (TPSA) is 156 Å². The van der Waals surface area contributed by atoms with E-state index in [4.69, 9.17) is 11.5 Å². The van der Waals surface area contributed by atoms with Crippen molar-refractivity contribution in [2.45, 2.75) is 19.3 Å². The summed E-state index contributed by atoms with van der Waals surface area (Å²) < 4.78 is 0. The molecule has 3 heterocycles. The maximum Gasteiger partial charge on any atom is 0.316 e. The number of H-pyrrole nitrogens is 1. The number of pyridine rings is 1. The third kappa shape index (κ3) is 4.08. The van der Waals surface area contributed by atoms with E-state index in [2.05, 4.69) is 20.6 Å². The first-order valence-electron chi connectivity index (χ1n) is 9.93. The molecular formula is C23H22N6O3. The fourth-order valence-electron chi connectivity index (χ4n) is 3.81. The fourth-order valence-corrected chi connectivity index (χ4v) is 3.81. The predicted octanol–water partition coefficient (Wildman–Crippen LogP) is 2.51. The van der Waals surface area contributed by atoms with Crippen molar-refractivity contribution in [2.75, 3.05) is 10.6 Å². The van der Waals surface area contributed by atoms with Crippen molar-refractivity contribution in [1.82, 2.24) is 9.97 Å². The molecule has 9 nitrogen and oxygen atoms in total. The predicted molar refractivity (Wildman–Crippen MR) is 122 cm³/mol. The summed E-state index contributed by atoms with van der Waals surface area (Å²) in [5.74, 6) is -1.17. The quantitative estimate of drug-likeness (QED) is 0.381. The van der Waals surface area contributed by atoms with Crippen LogP contribution in [0.4, 0.5) is 16.2 Å². The first kappa shape index (κ1) is 20.9. The van der Waals surface area contributed by atoms with Gasteiger partial charge in [-0.2, -0.15) is 0 Å². The molecule has 0 saturated carbocycles. The molecule has 0 bridgehead atoms. The Hall–Kier alpha value is -4.40. The highest BCUT2D eigenvalue weighted by Crippen LogP contribution is 2.35. The van der Waals surface area contributed by atoms with Gasteiger partial charge in [-0.15, -0.1) is 0 Å². The summed E-state index contributed by atoms with van der Waals surface area (Å²) in [5, 5.41) is 5.32. The van der Waals surface area contributed by atoms with E-state index in [1.165, 1.54) is 0 Å². The van der Waals surface area contributed by atoms with Gasteiger partial charge in [0.2, 0.25) is 5.91 Å². The number of aromatic nitrogens is 2. The van der Waals surface area contributed by atoms with Crippen molar-refractivity contribution < 1.29 is 14.4 Å². The summed E-state index contributed by atoms with van der Waals surface area (Å²) in [4.78, 5) is 43.0. The molecule has 1 atom stereocenters. The SMILES string of the molecule is Cc1c(CC(C(N)=O)c2ccncc2)c[nH]c1C=C1C(=O)Nc2ccc(NC(N)=O)cc21. The van der Waals surface area contributed by atoms with Crippen LogP contribution in [0.5, 0.6) is 0 Å². The smallest absolute Gasteiger partial charge is 0.316 e. The lowest BCUT2D eigenvalue weighted by Crippen LogP contribution is -2.23. The van der Waals surface area contributed by atoms with E-state index in [0.717, 1.165) is 22.4 Å². The second kappa shape index (κ2) is 8.38. The van der Waals surface area contributed by atoms with E-state index in [9.17, 15) is 14.4 Å². The molecule has 1 aliphatic heterocycles. The monoisotopic (exact) mass is 430 g/mol. The molecule has 32 heavy (non-hydrogen) atoms. The number of nitrogens with zero attached hydrogens (tertiary/aromatic N) is 1. The number of urea groups is 1. The number of amides is 4. The highest BCUT2D eigenvalue weighted by molar-refractivity contribution is 6.35. The number of nitrogens with one attached hydrogen (secondary N) is 3. The number of benzene rings is 1. The number of rotatable bonds is 6. The Bertz CT molecular complexity index is 1250. The molecule has 0 saturated heterocycles. The molecule has 7 N–H and O–H groups in total. The van der Waals surface area contributed by atoms with Gasteiger partial charge in [0, 0.05) is 41.2 Å². The zero-order valence-corrected chi connectivity index (χ0v) is 17.3. The summed E-state index contributed by atoms with van der Waals surface area (Å²) in [6.45, 7) is 1.92. The lowest BCUT2D eigenvalue weighted by atomic mass is 9.91. The number of anilines is 2. The maximum absolute atomic E-state index is 12.6. The van der Waals surface area contributed by atoms with E-state index in [0.29, 0.717) is 28.9 Å². The Morgan fingerprint density at radius 3 is 2.62 bits per heavy atom. The van der Waals surface area contributed by atoms with Gasteiger partial charge in [-0.25, -0.2) is 4.79 Å². The lowest BCUT2D eigenvalue weighted by Gasteiger charge is -2.13. The van der Waals surface area contributed by atoms with Gasteiger partial charge in [0.25, 0.3) is 5.91 Å². The Labute approximate surface area is 183 Å². The number of carbonyl (C=O) groups is 3. The maximum atomic E-state index is 12.6. The average molecular weight is 430 g/mol. The molecule has 4 rings (SSSR count). The van der Waals surface area contributed by atoms with E-state index >= 15 is 0 Å². The van der Waals surface area contributed by atoms with Crippen molar-refractivity contribution in [3.63, 3.8) is 0 Å². The van der Waals surface area contributed by atoms with E-state index in [-0.39, 0.29) is 5.91 Å². The summed E-state index contributed by atoms with van der Waals surface area (Å²) in [6.07, 6.45) is 7.24. The molecule has 4 amide bonds. The van der Waals surface area contributed by atoms with Crippen molar-refractivity contribution in [3.8, 4) is 0 Å². The molecular weight excluding hydrogens is 408 g/mol. The van der Waals surface area contributed by atoms with Gasteiger partial charge in [-0.3, -0.25) is 14.6 Å². The standard InChI is InChI=1S/C23H22N6O3/c1-12-14(8-16(21(24)30)13-4-6-26-7-5-13)11-27-20(12)10-18-17-9-15(28-23(25)32)2-3-19(17)29-22(18)31/h2-7,9-11,16,27H,8H2,1H3,(H2,24,30)(H,29,31)(H3,25,28,32). The van der Waals surface area contributed by atoms with Crippen LogP contribution in [0, 0.1) is 6.92 Å². The van der Waals surface area contributed by atoms with Crippen LogP contribution in [0.1, 0.15) is 33.9 Å². The molecule has 1 aliphatic rings. The van der Waals surface area contributed by atoms with Gasteiger partial charge in [-0.1, -0.05) is 0 Å². The number of carbonyl (C=O) groups excluding carboxylic acids is 3. The van der Waals surface area contributed by atoms with Crippen LogP contribution in [0.2, 0.25) is 0 Å². The Morgan fingerprint density at radius 1 is 1.19 bits per heavy atom. The molecule has 1 aromatic carbocycles. The van der Waals surface area contributed by atoms with Crippen LogP contribution in [-0.2, 0) is 16.0 Å². The number of hydrogen-bond donors (Lipinski definition) is 5. The minimum Gasteiger partial charge on any atom is -0.369 e. The highest BCUT2D eigenvalue weighted by Gasteiger charge is 2.26. The molecule has 2 aromatic heterocycles. The fraction of sp³-hybridized carbons (Fsp3) is 0.130. The third-order valence-electron chi connectivity index (χ3n) is 5.52. The molecule has 1 unspecified atom stereocenters. The largest absolute Gasteiger partial charge is 0.369 e. The van der Waals surface area contributed by atoms with E-state index in [1.54, 1.807) is 48.8 Å². The minimum absolute atomic E-state index is 0.251. The molecule has 0 spiro atoms. The van der Waals surface area contributed by atoms with Crippen LogP contribution in [0.25, 0.3) is 11.6 Å². The van der Waals surface area contributed by atoms with Gasteiger partial charge in [-0.05, 0) is 66.4 Å². The molecule has 0 fully saturated rings. The van der Waals surface area contributed by atoms with Gasteiger partial charge in [0.1, 0.15) is 0 Å². The summed E-state index contributed by atoms with van der Waals surface area (Å²) in [6, 6.07) is 7.92. The minimum atomic E-state index is -0.684. The number of nitrogens with two attached hydrogens (primary N) is 2.